The summed E-state index contributed by atoms with van der Waals surface area (Å²) in [6.45, 7) is 1.12. The lowest BCUT2D eigenvalue weighted by Gasteiger charge is -2.08. The van der Waals surface area contributed by atoms with Crippen molar-refractivity contribution in [1.29, 1.82) is 0 Å². The van der Waals surface area contributed by atoms with Gasteiger partial charge in [-0.05, 0) is 40.4 Å². The number of carbonyl (C=O) groups excluding carboxylic acids is 1. The maximum Gasteiger partial charge on any atom is 0.258 e. The van der Waals surface area contributed by atoms with Gasteiger partial charge in [0.05, 0.1) is 12.2 Å². The predicted octanol–water partition coefficient (Wildman–Crippen LogP) is 3.96. The quantitative estimate of drug-likeness (QED) is 0.530. The zero-order valence-corrected chi connectivity index (χ0v) is 15.5. The fourth-order valence-corrected chi connectivity index (χ4v) is 3.47. The predicted molar refractivity (Wildman–Crippen MR) is 108 cm³/mol. The molecule has 1 N–H and O–H groups in total. The highest BCUT2D eigenvalue weighted by molar-refractivity contribution is 7.08. The van der Waals surface area contributed by atoms with Crippen LogP contribution in [-0.4, -0.2) is 28.8 Å². The molecular weight excluding hydrogens is 358 g/mol. The Balaban J connectivity index is 1.23. The highest BCUT2D eigenvalue weighted by atomic mass is 32.1. The van der Waals surface area contributed by atoms with E-state index in [-0.39, 0.29) is 12.5 Å². The van der Waals surface area contributed by atoms with E-state index in [1.165, 1.54) is 0 Å². The summed E-state index contributed by atoms with van der Waals surface area (Å²) in [5.41, 5.74) is 2.06. The molecule has 5 nitrogen and oxygen atoms in total. The van der Waals surface area contributed by atoms with E-state index in [1.807, 2.05) is 70.9 Å². The first kappa shape index (κ1) is 17.3. The van der Waals surface area contributed by atoms with Crippen molar-refractivity contribution in [3.63, 3.8) is 0 Å². The molecule has 0 aliphatic carbocycles. The Labute approximate surface area is 161 Å². The standard InChI is InChI=1S/C21H19N3O2S/c25-21(14-26-19-6-5-16-3-1-2-4-17(16)13-19)22-9-11-24-10-7-20(23-24)18-8-12-27-15-18/h1-8,10,12-13,15H,9,11,14H2,(H,22,25). The molecular formula is C21H19N3O2S. The first-order valence-corrected chi connectivity index (χ1v) is 9.66. The topological polar surface area (TPSA) is 56.1 Å². The number of nitrogens with one attached hydrogen (secondary N) is 1. The van der Waals surface area contributed by atoms with E-state index in [2.05, 4.69) is 15.8 Å². The van der Waals surface area contributed by atoms with E-state index in [4.69, 9.17) is 4.74 Å². The molecule has 27 heavy (non-hydrogen) atoms. The van der Waals surface area contributed by atoms with Crippen molar-refractivity contribution in [2.24, 2.45) is 0 Å². The number of thiophene rings is 1. The fraction of sp³-hybridized carbons (Fsp3) is 0.143. The Kier molecular flexibility index (Phi) is 5.16. The second-order valence-corrected chi connectivity index (χ2v) is 6.90. The highest BCUT2D eigenvalue weighted by Crippen LogP contribution is 2.21. The fourth-order valence-electron chi connectivity index (χ4n) is 2.82. The van der Waals surface area contributed by atoms with E-state index < -0.39 is 0 Å². The molecule has 136 valence electrons. The third kappa shape index (κ3) is 4.35. The number of fused-ring (bicyclic) bond motifs is 1. The first-order chi connectivity index (χ1) is 13.3. The van der Waals surface area contributed by atoms with Crippen LogP contribution in [0.5, 0.6) is 5.75 Å². The number of hydrogen-bond donors (Lipinski definition) is 1. The molecule has 0 unspecified atom stereocenters. The molecule has 0 saturated carbocycles. The van der Waals surface area contributed by atoms with Crippen LogP contribution in [0.4, 0.5) is 0 Å². The van der Waals surface area contributed by atoms with Crippen LogP contribution in [-0.2, 0) is 11.3 Å². The lowest BCUT2D eigenvalue weighted by molar-refractivity contribution is -0.123. The van der Waals surface area contributed by atoms with Crippen LogP contribution in [0.25, 0.3) is 22.0 Å². The molecule has 2 aromatic heterocycles. The van der Waals surface area contributed by atoms with Crippen molar-refractivity contribution in [3.05, 3.63) is 71.6 Å². The third-order valence-electron chi connectivity index (χ3n) is 4.21. The summed E-state index contributed by atoms with van der Waals surface area (Å²) < 4.78 is 7.43. The molecule has 0 spiro atoms. The van der Waals surface area contributed by atoms with Crippen molar-refractivity contribution in [3.8, 4) is 17.0 Å². The number of hydrogen-bond acceptors (Lipinski definition) is 4. The van der Waals surface area contributed by atoms with Gasteiger partial charge in [-0.3, -0.25) is 9.48 Å². The summed E-state index contributed by atoms with van der Waals surface area (Å²) in [6.07, 6.45) is 1.92. The van der Waals surface area contributed by atoms with Crippen LogP contribution in [0.1, 0.15) is 0 Å². The molecule has 6 heteroatoms. The summed E-state index contributed by atoms with van der Waals surface area (Å²) in [4.78, 5) is 12.0. The molecule has 1 amide bonds. The normalized spacial score (nSPS) is 10.8. The van der Waals surface area contributed by atoms with E-state index >= 15 is 0 Å². The minimum Gasteiger partial charge on any atom is -0.484 e. The van der Waals surface area contributed by atoms with Crippen molar-refractivity contribution in [1.82, 2.24) is 15.1 Å². The summed E-state index contributed by atoms with van der Waals surface area (Å²) in [6, 6.07) is 17.9. The van der Waals surface area contributed by atoms with Crippen LogP contribution in [0.15, 0.2) is 71.6 Å². The number of aromatic nitrogens is 2. The minimum atomic E-state index is -0.145. The molecule has 0 bridgehead atoms. The molecule has 4 aromatic rings. The average molecular weight is 377 g/mol. The number of nitrogens with zero attached hydrogens (tertiary/aromatic N) is 2. The molecule has 0 atom stereocenters. The zero-order chi connectivity index (χ0) is 18.5. The number of benzene rings is 2. The van der Waals surface area contributed by atoms with Gasteiger partial charge in [-0.1, -0.05) is 30.3 Å². The van der Waals surface area contributed by atoms with Gasteiger partial charge in [0, 0.05) is 23.7 Å². The smallest absolute Gasteiger partial charge is 0.258 e. The maximum absolute atomic E-state index is 12.0. The number of ether oxygens (including phenoxy) is 1. The average Bonchev–Trinajstić information content (AvgIpc) is 3.38. The van der Waals surface area contributed by atoms with Gasteiger partial charge < -0.3 is 10.1 Å². The second kappa shape index (κ2) is 8.05. The summed E-state index contributed by atoms with van der Waals surface area (Å²) in [5.74, 6) is 0.546. The molecule has 0 aliphatic rings. The monoisotopic (exact) mass is 377 g/mol. The van der Waals surface area contributed by atoms with Gasteiger partial charge in [0.2, 0.25) is 0 Å². The number of carbonyl (C=O) groups is 1. The van der Waals surface area contributed by atoms with Crippen molar-refractivity contribution < 1.29 is 9.53 Å². The van der Waals surface area contributed by atoms with Crippen LogP contribution in [0, 0.1) is 0 Å². The molecule has 0 radical (unpaired) electrons. The summed E-state index contributed by atoms with van der Waals surface area (Å²) >= 11 is 1.65. The molecule has 0 aliphatic heterocycles. The van der Waals surface area contributed by atoms with Crippen LogP contribution >= 0.6 is 11.3 Å². The van der Waals surface area contributed by atoms with Crippen LogP contribution < -0.4 is 10.1 Å². The van der Waals surface area contributed by atoms with Gasteiger partial charge in [0.15, 0.2) is 6.61 Å². The maximum atomic E-state index is 12.0. The summed E-state index contributed by atoms with van der Waals surface area (Å²) in [5, 5.41) is 13.7. The van der Waals surface area contributed by atoms with Gasteiger partial charge in [-0.2, -0.15) is 16.4 Å². The highest BCUT2D eigenvalue weighted by Gasteiger charge is 2.05. The third-order valence-corrected chi connectivity index (χ3v) is 4.89. The van der Waals surface area contributed by atoms with E-state index in [1.54, 1.807) is 11.3 Å². The minimum absolute atomic E-state index is 0.00238. The van der Waals surface area contributed by atoms with Gasteiger partial charge >= 0.3 is 0 Å². The lowest BCUT2D eigenvalue weighted by Crippen LogP contribution is -2.31. The molecule has 0 saturated heterocycles. The van der Waals surface area contributed by atoms with E-state index in [0.717, 1.165) is 22.0 Å². The van der Waals surface area contributed by atoms with Gasteiger partial charge in [0.25, 0.3) is 5.91 Å². The zero-order valence-electron chi connectivity index (χ0n) is 14.7. The Morgan fingerprint density at radius 2 is 2.00 bits per heavy atom. The Bertz CT molecular complexity index is 1040. The van der Waals surface area contributed by atoms with Crippen molar-refractivity contribution in [2.75, 3.05) is 13.2 Å². The Morgan fingerprint density at radius 3 is 2.85 bits per heavy atom. The largest absolute Gasteiger partial charge is 0.484 e. The van der Waals surface area contributed by atoms with E-state index in [0.29, 0.717) is 18.8 Å². The SMILES string of the molecule is O=C(COc1ccc2ccccc2c1)NCCn1ccc(-c2ccsc2)n1. The van der Waals surface area contributed by atoms with Crippen LogP contribution in [0.2, 0.25) is 0 Å². The van der Waals surface area contributed by atoms with Gasteiger partial charge in [-0.15, -0.1) is 0 Å². The molecule has 2 heterocycles. The number of amides is 1. The van der Waals surface area contributed by atoms with Gasteiger partial charge in [-0.25, -0.2) is 0 Å². The summed E-state index contributed by atoms with van der Waals surface area (Å²) in [7, 11) is 0. The van der Waals surface area contributed by atoms with Gasteiger partial charge in [0.1, 0.15) is 5.75 Å². The Hall–Kier alpha value is -3.12. The molecule has 4 rings (SSSR count). The second-order valence-electron chi connectivity index (χ2n) is 6.12. The molecule has 2 aromatic carbocycles. The number of rotatable bonds is 7. The van der Waals surface area contributed by atoms with E-state index in [9.17, 15) is 4.79 Å². The van der Waals surface area contributed by atoms with Crippen LogP contribution in [0.3, 0.4) is 0 Å². The van der Waals surface area contributed by atoms with Crippen molar-refractivity contribution >= 4 is 28.0 Å². The molecule has 0 fully saturated rings. The first-order valence-electron chi connectivity index (χ1n) is 8.72. The van der Waals surface area contributed by atoms with Crippen molar-refractivity contribution in [2.45, 2.75) is 6.54 Å². The Morgan fingerprint density at radius 1 is 1.11 bits per heavy atom. The lowest BCUT2D eigenvalue weighted by atomic mass is 10.1.